The van der Waals surface area contributed by atoms with Crippen molar-refractivity contribution in [1.29, 1.82) is 0 Å². The normalized spacial score (nSPS) is 10.3. The lowest BCUT2D eigenvalue weighted by Crippen LogP contribution is -2.14. The fourth-order valence-corrected chi connectivity index (χ4v) is 3.08. The van der Waals surface area contributed by atoms with Gasteiger partial charge >= 0.3 is 6.16 Å². The van der Waals surface area contributed by atoms with Crippen LogP contribution in [0.2, 0.25) is 0 Å². The van der Waals surface area contributed by atoms with E-state index < -0.39 is 6.16 Å². The maximum absolute atomic E-state index is 12.4. The van der Waals surface area contributed by atoms with Crippen LogP contribution in [-0.2, 0) is 0 Å². The van der Waals surface area contributed by atoms with E-state index in [0.29, 0.717) is 10.6 Å². The molecular formula is C18H14N2O4S. The van der Waals surface area contributed by atoms with E-state index in [9.17, 15) is 9.59 Å². The second-order valence-electron chi connectivity index (χ2n) is 5.21. The molecule has 0 radical (unpaired) electrons. The highest BCUT2D eigenvalue weighted by Gasteiger charge is 2.19. The minimum atomic E-state index is -1.46. The number of ether oxygens (including phenoxy) is 1. The summed E-state index contributed by atoms with van der Waals surface area (Å²) in [5, 5.41) is 12.1. The van der Waals surface area contributed by atoms with Gasteiger partial charge in [0.05, 0.1) is 0 Å². The number of aromatic nitrogens is 1. The van der Waals surface area contributed by atoms with Gasteiger partial charge in [0.1, 0.15) is 5.01 Å². The number of benzene rings is 2. The first kappa shape index (κ1) is 16.7. The van der Waals surface area contributed by atoms with E-state index in [1.165, 1.54) is 0 Å². The van der Waals surface area contributed by atoms with Crippen LogP contribution < -0.4 is 10.1 Å². The van der Waals surface area contributed by atoms with E-state index in [1.54, 1.807) is 18.2 Å². The Kier molecular flexibility index (Phi) is 4.76. The minimum Gasteiger partial charge on any atom is -0.449 e. The number of carbonyl (C=O) groups excluding carboxylic acids is 1. The maximum Gasteiger partial charge on any atom is 0.512 e. The van der Waals surface area contributed by atoms with Crippen molar-refractivity contribution in [3.8, 4) is 15.6 Å². The quantitative estimate of drug-likeness (QED) is 0.677. The molecule has 126 valence electrons. The number of rotatable bonds is 4. The third kappa shape index (κ3) is 4.02. The molecular weight excluding hydrogens is 340 g/mol. The number of hydrogen-bond donors (Lipinski definition) is 2. The van der Waals surface area contributed by atoms with Crippen molar-refractivity contribution in [3.05, 3.63) is 65.7 Å². The highest BCUT2D eigenvalue weighted by Crippen LogP contribution is 2.37. The monoisotopic (exact) mass is 354 g/mol. The number of amides is 1. The first-order valence-electron chi connectivity index (χ1n) is 7.38. The summed E-state index contributed by atoms with van der Waals surface area (Å²) in [4.78, 5) is 27.6. The van der Waals surface area contributed by atoms with Crippen molar-refractivity contribution >= 4 is 29.2 Å². The van der Waals surface area contributed by atoms with Crippen LogP contribution in [0.4, 0.5) is 10.6 Å². The maximum atomic E-state index is 12.4. The Balaban J connectivity index is 1.92. The average Bonchev–Trinajstić information content (AvgIpc) is 2.97. The number of nitrogens with one attached hydrogen (secondary N) is 1. The second kappa shape index (κ2) is 7.14. The molecule has 1 aromatic heterocycles. The lowest BCUT2D eigenvalue weighted by molar-refractivity contribution is 0.102. The van der Waals surface area contributed by atoms with Gasteiger partial charge in [-0.2, -0.15) is 0 Å². The summed E-state index contributed by atoms with van der Waals surface area (Å²) in [5.41, 5.74) is 2.20. The third-order valence-electron chi connectivity index (χ3n) is 3.31. The summed E-state index contributed by atoms with van der Waals surface area (Å²) in [6.07, 6.45) is -1.46. The zero-order valence-corrected chi connectivity index (χ0v) is 14.0. The smallest absolute Gasteiger partial charge is 0.449 e. The van der Waals surface area contributed by atoms with E-state index in [-0.39, 0.29) is 16.8 Å². The van der Waals surface area contributed by atoms with Gasteiger partial charge in [-0.15, -0.1) is 0 Å². The number of aryl methyl sites for hydroxylation is 1. The summed E-state index contributed by atoms with van der Waals surface area (Å²) >= 11 is 1.05. The van der Waals surface area contributed by atoms with Crippen LogP contribution in [0.15, 0.2) is 54.6 Å². The molecule has 25 heavy (non-hydrogen) atoms. The molecule has 0 bridgehead atoms. The Labute approximate surface area is 147 Å². The molecule has 0 spiro atoms. The molecule has 7 heteroatoms. The average molecular weight is 354 g/mol. The van der Waals surface area contributed by atoms with Gasteiger partial charge in [0, 0.05) is 11.1 Å². The van der Waals surface area contributed by atoms with Gasteiger partial charge in [0.2, 0.25) is 5.06 Å². The van der Waals surface area contributed by atoms with Crippen molar-refractivity contribution < 1.29 is 19.4 Å². The van der Waals surface area contributed by atoms with Crippen molar-refractivity contribution in [2.24, 2.45) is 0 Å². The molecule has 0 unspecified atom stereocenters. The molecule has 2 N–H and O–H groups in total. The predicted molar refractivity (Wildman–Crippen MR) is 95.3 cm³/mol. The van der Waals surface area contributed by atoms with Crippen molar-refractivity contribution in [1.82, 2.24) is 4.98 Å². The van der Waals surface area contributed by atoms with Crippen LogP contribution in [0.25, 0.3) is 10.6 Å². The summed E-state index contributed by atoms with van der Waals surface area (Å²) in [6.45, 7) is 1.88. The van der Waals surface area contributed by atoms with Crippen molar-refractivity contribution in [2.75, 3.05) is 5.32 Å². The largest absolute Gasteiger partial charge is 0.512 e. The number of carboxylic acid groups (broad SMARTS) is 1. The topological polar surface area (TPSA) is 88.5 Å². The van der Waals surface area contributed by atoms with E-state index >= 15 is 0 Å². The summed E-state index contributed by atoms with van der Waals surface area (Å²) in [7, 11) is 0. The van der Waals surface area contributed by atoms with E-state index in [4.69, 9.17) is 9.84 Å². The second-order valence-corrected chi connectivity index (χ2v) is 6.17. The standard InChI is InChI=1S/C18H14N2O4S/c1-11-6-5-9-13(10-11)15(21)19-14-17(24-18(22)23)25-16(20-14)12-7-3-2-4-8-12/h2-10H,1H3,(H,19,21)(H,22,23). The van der Waals surface area contributed by atoms with Crippen LogP contribution in [0.1, 0.15) is 15.9 Å². The van der Waals surface area contributed by atoms with Crippen LogP contribution in [0.5, 0.6) is 5.06 Å². The van der Waals surface area contributed by atoms with Gasteiger partial charge < -0.3 is 15.2 Å². The van der Waals surface area contributed by atoms with E-state index in [2.05, 4.69) is 10.3 Å². The molecule has 6 nitrogen and oxygen atoms in total. The first-order valence-corrected chi connectivity index (χ1v) is 8.19. The molecule has 0 saturated heterocycles. The third-order valence-corrected chi connectivity index (χ3v) is 4.29. The Bertz CT molecular complexity index is 922. The molecule has 0 fully saturated rings. The lowest BCUT2D eigenvalue weighted by atomic mass is 10.1. The van der Waals surface area contributed by atoms with Crippen LogP contribution in [0, 0.1) is 6.92 Å². The van der Waals surface area contributed by atoms with E-state index in [0.717, 1.165) is 22.5 Å². The molecule has 0 aliphatic rings. The lowest BCUT2D eigenvalue weighted by Gasteiger charge is -2.04. The molecule has 1 heterocycles. The van der Waals surface area contributed by atoms with Gasteiger partial charge in [0.15, 0.2) is 5.82 Å². The van der Waals surface area contributed by atoms with Gasteiger partial charge in [0.25, 0.3) is 5.91 Å². The molecule has 0 aliphatic carbocycles. The van der Waals surface area contributed by atoms with Crippen molar-refractivity contribution in [2.45, 2.75) is 6.92 Å². The van der Waals surface area contributed by atoms with Gasteiger partial charge in [-0.25, -0.2) is 9.78 Å². The summed E-state index contributed by atoms with van der Waals surface area (Å²) < 4.78 is 4.77. The van der Waals surface area contributed by atoms with Gasteiger partial charge in [-0.05, 0) is 19.1 Å². The number of thiazole rings is 1. The highest BCUT2D eigenvalue weighted by atomic mass is 32.1. The number of anilines is 1. The van der Waals surface area contributed by atoms with Crippen LogP contribution in [-0.4, -0.2) is 22.2 Å². The molecule has 3 aromatic rings. The van der Waals surface area contributed by atoms with Crippen LogP contribution in [0.3, 0.4) is 0 Å². The molecule has 0 saturated carbocycles. The Morgan fingerprint density at radius 2 is 1.88 bits per heavy atom. The van der Waals surface area contributed by atoms with E-state index in [1.807, 2.05) is 43.3 Å². The van der Waals surface area contributed by atoms with Crippen LogP contribution >= 0.6 is 11.3 Å². The highest BCUT2D eigenvalue weighted by molar-refractivity contribution is 7.17. The number of hydrogen-bond acceptors (Lipinski definition) is 5. The fourth-order valence-electron chi connectivity index (χ4n) is 2.20. The molecule has 0 atom stereocenters. The van der Waals surface area contributed by atoms with Gasteiger partial charge in [-0.3, -0.25) is 4.79 Å². The molecule has 2 aromatic carbocycles. The Hall–Kier alpha value is -3.19. The summed E-state index contributed by atoms with van der Waals surface area (Å²) in [6, 6.07) is 16.3. The predicted octanol–water partition coefficient (Wildman–Crippen LogP) is 4.43. The SMILES string of the molecule is Cc1cccc(C(=O)Nc2nc(-c3ccccc3)sc2OC(=O)O)c1. The Morgan fingerprint density at radius 1 is 1.12 bits per heavy atom. The first-order chi connectivity index (χ1) is 12.0. The fraction of sp³-hybridized carbons (Fsp3) is 0.0556. The number of carbonyl (C=O) groups is 2. The van der Waals surface area contributed by atoms with Gasteiger partial charge in [-0.1, -0.05) is 59.4 Å². The minimum absolute atomic E-state index is 0.0207. The molecule has 0 aliphatic heterocycles. The zero-order chi connectivity index (χ0) is 17.8. The summed E-state index contributed by atoms with van der Waals surface area (Å²) in [5.74, 6) is -0.304. The molecule has 1 amide bonds. The number of nitrogens with zero attached hydrogens (tertiary/aromatic N) is 1. The Morgan fingerprint density at radius 3 is 2.56 bits per heavy atom. The zero-order valence-electron chi connectivity index (χ0n) is 13.2. The van der Waals surface area contributed by atoms with Crippen molar-refractivity contribution in [3.63, 3.8) is 0 Å². The molecule has 3 rings (SSSR count).